The lowest BCUT2D eigenvalue weighted by molar-refractivity contribution is -1.02. The summed E-state index contributed by atoms with van der Waals surface area (Å²) in [5.41, 5.74) is 2.75. The molecule has 3 N–H and O–H groups in total. The molecule has 0 radical (unpaired) electrons. The Bertz CT molecular complexity index is 625. The highest BCUT2D eigenvalue weighted by Gasteiger charge is 2.28. The van der Waals surface area contributed by atoms with E-state index in [1.54, 1.807) is 4.90 Å². The predicted octanol–water partition coefficient (Wildman–Crippen LogP) is -1.02. The number of esters is 1. The third kappa shape index (κ3) is 6.96. The summed E-state index contributed by atoms with van der Waals surface area (Å²) in [5.74, 6) is -0.113. The Morgan fingerprint density at radius 2 is 1.74 bits per heavy atom. The highest BCUT2D eigenvalue weighted by Crippen LogP contribution is 2.06. The van der Waals surface area contributed by atoms with E-state index in [2.05, 4.69) is 36.5 Å². The number of ether oxygens (including phenoxy) is 1. The number of nitrogens with one attached hydrogen (secondary N) is 3. The van der Waals surface area contributed by atoms with Gasteiger partial charge in [0.05, 0.1) is 7.11 Å². The Labute approximate surface area is 162 Å². The molecule has 2 rings (SSSR count). The molecule has 1 saturated heterocycles. The molecule has 1 aromatic carbocycles. The van der Waals surface area contributed by atoms with Gasteiger partial charge < -0.3 is 19.9 Å². The molecule has 1 aliphatic rings. The van der Waals surface area contributed by atoms with Crippen LogP contribution in [0.15, 0.2) is 24.3 Å². The number of quaternary nitrogens is 2. The van der Waals surface area contributed by atoms with E-state index in [1.165, 1.54) is 23.1 Å². The van der Waals surface area contributed by atoms with Crippen molar-refractivity contribution in [3.05, 3.63) is 35.4 Å². The van der Waals surface area contributed by atoms with Crippen LogP contribution in [0, 0.1) is 12.8 Å². The fourth-order valence-electron chi connectivity index (χ4n) is 3.69. The van der Waals surface area contributed by atoms with Crippen LogP contribution < -0.4 is 15.1 Å². The Kier molecular flexibility index (Phi) is 8.25. The minimum absolute atomic E-state index is 0.0663. The number of amides is 1. The van der Waals surface area contributed by atoms with Crippen molar-refractivity contribution in [2.45, 2.75) is 39.8 Å². The van der Waals surface area contributed by atoms with E-state index < -0.39 is 6.04 Å². The quantitative estimate of drug-likeness (QED) is 0.509. The van der Waals surface area contributed by atoms with Gasteiger partial charge in [-0.15, -0.1) is 0 Å². The van der Waals surface area contributed by atoms with Crippen molar-refractivity contribution in [3.63, 3.8) is 0 Å². The number of benzene rings is 1. The Hall–Kier alpha value is -1.92. The number of piperazine rings is 1. The van der Waals surface area contributed by atoms with E-state index in [0.29, 0.717) is 18.9 Å². The SMILES string of the molecule is COC(=O)[C@H](CC(C)C)NC(=O)C[NH+]1CC[NH+](Cc2ccccc2C)CC1. The van der Waals surface area contributed by atoms with Gasteiger partial charge in [-0.05, 0) is 24.8 Å². The predicted molar refractivity (Wildman–Crippen MR) is 105 cm³/mol. The summed E-state index contributed by atoms with van der Waals surface area (Å²) < 4.78 is 4.82. The zero-order chi connectivity index (χ0) is 19.8. The molecular weight excluding hydrogens is 342 g/mol. The zero-order valence-corrected chi connectivity index (χ0v) is 17.1. The van der Waals surface area contributed by atoms with Gasteiger partial charge in [-0.25, -0.2) is 4.79 Å². The Morgan fingerprint density at radius 1 is 1.11 bits per heavy atom. The molecule has 1 amide bonds. The zero-order valence-electron chi connectivity index (χ0n) is 17.1. The first-order valence-corrected chi connectivity index (χ1v) is 9.97. The third-order valence-electron chi connectivity index (χ3n) is 5.30. The van der Waals surface area contributed by atoms with Gasteiger partial charge in [0, 0.05) is 5.56 Å². The number of carbonyl (C=O) groups is 2. The maximum absolute atomic E-state index is 12.4. The van der Waals surface area contributed by atoms with Crippen LogP contribution >= 0.6 is 0 Å². The van der Waals surface area contributed by atoms with E-state index >= 15 is 0 Å². The maximum atomic E-state index is 12.4. The molecular formula is C21H35N3O3+2. The monoisotopic (exact) mass is 377 g/mol. The maximum Gasteiger partial charge on any atom is 0.328 e. The minimum Gasteiger partial charge on any atom is -0.467 e. The minimum atomic E-state index is -0.546. The number of rotatable bonds is 8. The van der Waals surface area contributed by atoms with Gasteiger partial charge in [-0.1, -0.05) is 38.1 Å². The average Bonchev–Trinajstić information content (AvgIpc) is 2.63. The molecule has 0 saturated carbocycles. The van der Waals surface area contributed by atoms with Crippen molar-refractivity contribution >= 4 is 11.9 Å². The van der Waals surface area contributed by atoms with Gasteiger partial charge in [0.25, 0.3) is 5.91 Å². The van der Waals surface area contributed by atoms with Gasteiger partial charge in [0.15, 0.2) is 6.54 Å². The van der Waals surface area contributed by atoms with Crippen molar-refractivity contribution in [3.8, 4) is 0 Å². The molecule has 0 spiro atoms. The lowest BCUT2D eigenvalue weighted by atomic mass is 10.0. The molecule has 0 bridgehead atoms. The summed E-state index contributed by atoms with van der Waals surface area (Å²) in [4.78, 5) is 27.1. The summed E-state index contributed by atoms with van der Waals surface area (Å²) >= 11 is 0. The molecule has 150 valence electrons. The topological polar surface area (TPSA) is 64.3 Å². The molecule has 1 atom stereocenters. The number of carbonyl (C=O) groups excluding carboxylic acids is 2. The fraction of sp³-hybridized carbons (Fsp3) is 0.619. The van der Waals surface area contributed by atoms with E-state index in [4.69, 9.17) is 4.74 Å². The van der Waals surface area contributed by atoms with E-state index in [-0.39, 0.29) is 11.9 Å². The van der Waals surface area contributed by atoms with Gasteiger partial charge in [0.2, 0.25) is 0 Å². The van der Waals surface area contributed by atoms with E-state index in [1.807, 2.05) is 13.8 Å². The van der Waals surface area contributed by atoms with Crippen LogP contribution in [0.4, 0.5) is 0 Å². The van der Waals surface area contributed by atoms with Gasteiger partial charge in [0.1, 0.15) is 38.8 Å². The summed E-state index contributed by atoms with van der Waals surface area (Å²) in [6.07, 6.45) is 0.599. The smallest absolute Gasteiger partial charge is 0.328 e. The Balaban J connectivity index is 1.78. The number of hydrogen-bond donors (Lipinski definition) is 3. The van der Waals surface area contributed by atoms with Crippen LogP contribution in [0.5, 0.6) is 0 Å². The number of methoxy groups -OCH3 is 1. The van der Waals surface area contributed by atoms with Crippen LogP contribution in [-0.4, -0.2) is 57.8 Å². The third-order valence-corrected chi connectivity index (χ3v) is 5.30. The second-order valence-electron chi connectivity index (χ2n) is 8.05. The van der Waals surface area contributed by atoms with Crippen LogP contribution in [0.1, 0.15) is 31.4 Å². The first kappa shape index (κ1) is 21.4. The van der Waals surface area contributed by atoms with Crippen molar-refractivity contribution in [2.75, 3.05) is 39.8 Å². The molecule has 0 aromatic heterocycles. The van der Waals surface area contributed by atoms with E-state index in [0.717, 1.165) is 32.7 Å². The largest absolute Gasteiger partial charge is 0.467 e. The molecule has 6 nitrogen and oxygen atoms in total. The second kappa shape index (κ2) is 10.4. The van der Waals surface area contributed by atoms with Gasteiger partial charge in [-0.2, -0.15) is 0 Å². The van der Waals surface area contributed by atoms with Crippen molar-refractivity contribution < 1.29 is 24.1 Å². The standard InChI is InChI=1S/C21H33N3O3/c1-16(2)13-19(21(26)27-4)22-20(25)15-24-11-9-23(10-12-24)14-18-8-6-5-7-17(18)3/h5-8,16,19H,9-15H2,1-4H3,(H,22,25)/p+2/t19-/m0/s1. The summed E-state index contributed by atoms with van der Waals surface area (Å²) in [5, 5.41) is 2.86. The molecule has 0 unspecified atom stereocenters. The first-order valence-electron chi connectivity index (χ1n) is 9.97. The summed E-state index contributed by atoms with van der Waals surface area (Å²) in [6.45, 7) is 11.8. The molecule has 27 heavy (non-hydrogen) atoms. The molecule has 0 aliphatic carbocycles. The molecule has 6 heteroatoms. The fourth-order valence-corrected chi connectivity index (χ4v) is 3.69. The van der Waals surface area contributed by atoms with Crippen LogP contribution in [-0.2, 0) is 20.9 Å². The summed E-state index contributed by atoms with van der Waals surface area (Å²) in [6, 6.07) is 8.00. The molecule has 1 fully saturated rings. The summed E-state index contributed by atoms with van der Waals surface area (Å²) in [7, 11) is 1.36. The molecule has 1 aromatic rings. The highest BCUT2D eigenvalue weighted by molar-refractivity contribution is 5.84. The molecule has 1 aliphatic heterocycles. The lowest BCUT2D eigenvalue weighted by Crippen LogP contribution is -3.28. The van der Waals surface area contributed by atoms with Crippen LogP contribution in [0.25, 0.3) is 0 Å². The van der Waals surface area contributed by atoms with Crippen LogP contribution in [0.2, 0.25) is 0 Å². The van der Waals surface area contributed by atoms with E-state index in [9.17, 15) is 9.59 Å². The lowest BCUT2D eigenvalue weighted by Gasteiger charge is -2.30. The highest BCUT2D eigenvalue weighted by atomic mass is 16.5. The normalized spacial score (nSPS) is 20.9. The van der Waals surface area contributed by atoms with Crippen molar-refractivity contribution in [1.29, 1.82) is 0 Å². The average molecular weight is 378 g/mol. The van der Waals surface area contributed by atoms with Gasteiger partial charge >= 0.3 is 5.97 Å². The van der Waals surface area contributed by atoms with Crippen LogP contribution in [0.3, 0.4) is 0 Å². The number of hydrogen-bond acceptors (Lipinski definition) is 3. The van der Waals surface area contributed by atoms with Crippen molar-refractivity contribution in [1.82, 2.24) is 5.32 Å². The van der Waals surface area contributed by atoms with Crippen molar-refractivity contribution in [2.24, 2.45) is 5.92 Å². The van der Waals surface area contributed by atoms with Gasteiger partial charge in [-0.3, -0.25) is 4.79 Å². The Morgan fingerprint density at radius 3 is 2.33 bits per heavy atom. The molecule has 1 heterocycles. The first-order chi connectivity index (χ1) is 12.9. The second-order valence-corrected chi connectivity index (χ2v) is 8.05. The number of aryl methyl sites for hydroxylation is 1.